The standard InChI is InChI=1S/C16H19ClO2/c1-3-7-16(8-6-11(2)18)10-12-9-13(17)4-5-14(12)15(16)19/h4-5,9H,3,6-8,10H2,1-2H3. The number of carbonyl (C=O) groups excluding carboxylic acids is 2. The number of Topliss-reactive ketones (excluding diaryl/α,β-unsaturated/α-hetero) is 2. The first-order valence-electron chi connectivity index (χ1n) is 6.81. The molecule has 0 N–H and O–H groups in total. The number of hydrogen-bond acceptors (Lipinski definition) is 2. The fraction of sp³-hybridized carbons (Fsp3) is 0.500. The second kappa shape index (κ2) is 5.46. The molecule has 19 heavy (non-hydrogen) atoms. The van der Waals surface area contributed by atoms with E-state index in [9.17, 15) is 9.59 Å². The van der Waals surface area contributed by atoms with Crippen molar-refractivity contribution in [1.82, 2.24) is 0 Å². The highest BCUT2D eigenvalue weighted by Gasteiger charge is 2.44. The molecule has 0 heterocycles. The molecule has 1 atom stereocenters. The van der Waals surface area contributed by atoms with Gasteiger partial charge in [-0.1, -0.05) is 24.9 Å². The van der Waals surface area contributed by atoms with Gasteiger partial charge in [0, 0.05) is 22.4 Å². The highest BCUT2D eigenvalue weighted by Crippen LogP contribution is 2.44. The number of fused-ring (bicyclic) bond motifs is 1. The first kappa shape index (κ1) is 14.3. The van der Waals surface area contributed by atoms with E-state index in [4.69, 9.17) is 11.6 Å². The van der Waals surface area contributed by atoms with Crippen LogP contribution in [0.25, 0.3) is 0 Å². The first-order chi connectivity index (χ1) is 8.98. The fourth-order valence-corrected chi connectivity index (χ4v) is 3.28. The molecule has 1 unspecified atom stereocenters. The number of benzene rings is 1. The Hall–Kier alpha value is -1.15. The molecule has 1 aromatic carbocycles. The third kappa shape index (κ3) is 2.74. The van der Waals surface area contributed by atoms with Crippen LogP contribution in [-0.2, 0) is 11.2 Å². The van der Waals surface area contributed by atoms with E-state index in [1.165, 1.54) is 0 Å². The van der Waals surface area contributed by atoms with Gasteiger partial charge in [-0.25, -0.2) is 0 Å². The van der Waals surface area contributed by atoms with Gasteiger partial charge in [-0.2, -0.15) is 0 Å². The molecular weight excluding hydrogens is 260 g/mol. The lowest BCUT2D eigenvalue weighted by molar-refractivity contribution is -0.117. The summed E-state index contributed by atoms with van der Waals surface area (Å²) in [5, 5.41) is 0.672. The van der Waals surface area contributed by atoms with Crippen molar-refractivity contribution in [3.05, 3.63) is 34.3 Å². The van der Waals surface area contributed by atoms with Crippen LogP contribution >= 0.6 is 11.6 Å². The Morgan fingerprint density at radius 3 is 2.74 bits per heavy atom. The monoisotopic (exact) mass is 278 g/mol. The average molecular weight is 279 g/mol. The maximum absolute atomic E-state index is 12.7. The van der Waals surface area contributed by atoms with E-state index in [0.717, 1.165) is 30.4 Å². The largest absolute Gasteiger partial charge is 0.300 e. The van der Waals surface area contributed by atoms with Gasteiger partial charge in [-0.05, 0) is 49.9 Å². The number of ketones is 2. The van der Waals surface area contributed by atoms with Crippen LogP contribution in [0.4, 0.5) is 0 Å². The second-order valence-corrected chi connectivity index (χ2v) is 5.98. The number of rotatable bonds is 5. The lowest BCUT2D eigenvalue weighted by Crippen LogP contribution is -2.28. The van der Waals surface area contributed by atoms with Gasteiger partial charge in [-0.3, -0.25) is 4.79 Å². The van der Waals surface area contributed by atoms with E-state index >= 15 is 0 Å². The van der Waals surface area contributed by atoms with Gasteiger partial charge in [0.15, 0.2) is 5.78 Å². The SMILES string of the molecule is CCCC1(CCC(C)=O)Cc2cc(Cl)ccc2C1=O. The predicted octanol–water partition coefficient (Wildman–Crippen LogP) is 4.23. The minimum atomic E-state index is -0.382. The summed E-state index contributed by atoms with van der Waals surface area (Å²) in [6.45, 7) is 3.67. The average Bonchev–Trinajstić information content (AvgIpc) is 2.61. The molecule has 0 amide bonds. The van der Waals surface area contributed by atoms with Gasteiger partial charge in [-0.15, -0.1) is 0 Å². The summed E-state index contributed by atoms with van der Waals surface area (Å²) >= 11 is 6.00. The number of carbonyl (C=O) groups is 2. The summed E-state index contributed by atoms with van der Waals surface area (Å²) in [5.74, 6) is 0.347. The number of hydrogen-bond donors (Lipinski definition) is 0. The van der Waals surface area contributed by atoms with E-state index < -0.39 is 0 Å². The first-order valence-corrected chi connectivity index (χ1v) is 7.19. The lowest BCUT2D eigenvalue weighted by Gasteiger charge is -2.26. The molecule has 2 nitrogen and oxygen atoms in total. The minimum absolute atomic E-state index is 0.150. The molecule has 3 heteroatoms. The van der Waals surface area contributed by atoms with Gasteiger partial charge in [0.05, 0.1) is 0 Å². The zero-order chi connectivity index (χ0) is 14.0. The van der Waals surface area contributed by atoms with Crippen molar-refractivity contribution in [2.24, 2.45) is 5.41 Å². The van der Waals surface area contributed by atoms with E-state index in [-0.39, 0.29) is 17.0 Å². The molecule has 0 saturated heterocycles. The highest BCUT2D eigenvalue weighted by molar-refractivity contribution is 6.30. The Morgan fingerprint density at radius 1 is 1.37 bits per heavy atom. The summed E-state index contributed by atoms with van der Waals surface area (Å²) in [4.78, 5) is 23.9. The third-order valence-corrected chi connectivity index (χ3v) is 4.24. The second-order valence-electron chi connectivity index (χ2n) is 5.54. The molecule has 1 aliphatic rings. The maximum atomic E-state index is 12.7. The molecule has 0 radical (unpaired) electrons. The van der Waals surface area contributed by atoms with Crippen molar-refractivity contribution < 1.29 is 9.59 Å². The Bertz CT molecular complexity index is 521. The fourth-order valence-electron chi connectivity index (χ4n) is 3.08. The summed E-state index contributed by atoms with van der Waals surface area (Å²) in [6.07, 6.45) is 3.65. The molecule has 2 rings (SSSR count). The summed E-state index contributed by atoms with van der Waals surface area (Å²) in [5.41, 5.74) is 1.45. The number of halogens is 1. The minimum Gasteiger partial charge on any atom is -0.300 e. The Balaban J connectivity index is 2.32. The van der Waals surface area contributed by atoms with Crippen LogP contribution < -0.4 is 0 Å². The summed E-state index contributed by atoms with van der Waals surface area (Å²) < 4.78 is 0. The lowest BCUT2D eigenvalue weighted by atomic mass is 9.75. The van der Waals surface area contributed by atoms with Crippen molar-refractivity contribution in [3.8, 4) is 0 Å². The van der Waals surface area contributed by atoms with Crippen molar-refractivity contribution in [3.63, 3.8) is 0 Å². The van der Waals surface area contributed by atoms with E-state index in [1.807, 2.05) is 12.1 Å². The van der Waals surface area contributed by atoms with Crippen molar-refractivity contribution in [1.29, 1.82) is 0 Å². The van der Waals surface area contributed by atoms with E-state index in [0.29, 0.717) is 17.9 Å². The van der Waals surface area contributed by atoms with Gasteiger partial charge < -0.3 is 4.79 Å². The Kier molecular flexibility index (Phi) is 4.10. The molecule has 0 spiro atoms. The predicted molar refractivity (Wildman–Crippen MR) is 76.7 cm³/mol. The molecular formula is C16H19ClO2. The van der Waals surface area contributed by atoms with E-state index in [1.54, 1.807) is 13.0 Å². The van der Waals surface area contributed by atoms with Crippen molar-refractivity contribution in [2.45, 2.75) is 46.0 Å². The molecule has 0 saturated carbocycles. The Morgan fingerprint density at radius 2 is 2.11 bits per heavy atom. The van der Waals surface area contributed by atoms with Crippen LogP contribution in [0.15, 0.2) is 18.2 Å². The molecule has 0 aliphatic heterocycles. The molecule has 0 aromatic heterocycles. The molecule has 1 aromatic rings. The maximum Gasteiger partial charge on any atom is 0.169 e. The van der Waals surface area contributed by atoms with Crippen LogP contribution in [0.1, 0.15) is 55.5 Å². The zero-order valence-corrected chi connectivity index (χ0v) is 12.2. The van der Waals surface area contributed by atoms with Gasteiger partial charge in [0.1, 0.15) is 5.78 Å². The molecule has 0 bridgehead atoms. The zero-order valence-electron chi connectivity index (χ0n) is 11.5. The van der Waals surface area contributed by atoms with Gasteiger partial charge in [0.25, 0.3) is 0 Å². The van der Waals surface area contributed by atoms with Crippen LogP contribution in [0.2, 0.25) is 5.02 Å². The highest BCUT2D eigenvalue weighted by atomic mass is 35.5. The van der Waals surface area contributed by atoms with Gasteiger partial charge >= 0.3 is 0 Å². The van der Waals surface area contributed by atoms with Crippen LogP contribution in [0, 0.1) is 5.41 Å². The topological polar surface area (TPSA) is 34.1 Å². The normalized spacial score (nSPS) is 21.5. The summed E-state index contributed by atoms with van der Waals surface area (Å²) in [7, 11) is 0. The van der Waals surface area contributed by atoms with Crippen LogP contribution in [-0.4, -0.2) is 11.6 Å². The van der Waals surface area contributed by atoms with Crippen LogP contribution in [0.3, 0.4) is 0 Å². The van der Waals surface area contributed by atoms with Crippen LogP contribution in [0.5, 0.6) is 0 Å². The third-order valence-electron chi connectivity index (χ3n) is 4.01. The molecule has 1 aliphatic carbocycles. The summed E-state index contributed by atoms with van der Waals surface area (Å²) in [6, 6.07) is 5.48. The Labute approximate surface area is 119 Å². The van der Waals surface area contributed by atoms with Crippen molar-refractivity contribution in [2.75, 3.05) is 0 Å². The quantitative estimate of drug-likeness (QED) is 0.807. The molecule has 0 fully saturated rings. The van der Waals surface area contributed by atoms with Crippen molar-refractivity contribution >= 4 is 23.2 Å². The van der Waals surface area contributed by atoms with E-state index in [2.05, 4.69) is 6.92 Å². The smallest absolute Gasteiger partial charge is 0.169 e. The van der Waals surface area contributed by atoms with Gasteiger partial charge in [0.2, 0.25) is 0 Å². The molecule has 102 valence electrons.